The molecule has 170 valence electrons. The van der Waals surface area contributed by atoms with Gasteiger partial charge in [0.2, 0.25) is 5.78 Å². The van der Waals surface area contributed by atoms with Gasteiger partial charge < -0.3 is 19.8 Å². The van der Waals surface area contributed by atoms with Crippen LogP contribution >= 0.6 is 11.6 Å². The second kappa shape index (κ2) is 9.44. The Kier molecular flexibility index (Phi) is 6.68. The number of halogens is 1. The highest BCUT2D eigenvalue weighted by molar-refractivity contribution is 6.45. The summed E-state index contributed by atoms with van der Waals surface area (Å²) >= 11 is 5.88. The van der Waals surface area contributed by atoms with E-state index in [1.54, 1.807) is 0 Å². The van der Waals surface area contributed by atoms with Crippen LogP contribution in [0.1, 0.15) is 11.6 Å². The summed E-state index contributed by atoms with van der Waals surface area (Å²) in [5, 5.41) is 13.7. The minimum absolute atomic E-state index is 0.144. The second-order valence-electron chi connectivity index (χ2n) is 6.53. The van der Waals surface area contributed by atoms with Gasteiger partial charge in [-0.25, -0.2) is 4.98 Å². The number of esters is 1. The molecule has 0 aliphatic carbocycles. The van der Waals surface area contributed by atoms with E-state index >= 15 is 0 Å². The van der Waals surface area contributed by atoms with E-state index in [1.165, 1.54) is 31.4 Å². The fraction of sp³-hybridized carbons (Fsp3) is 0.150. The highest BCUT2D eigenvalue weighted by atomic mass is 35.5. The Morgan fingerprint density at radius 1 is 1.18 bits per heavy atom. The number of fused-ring (bicyclic) bond motifs is 1. The second-order valence-corrected chi connectivity index (χ2v) is 6.96. The lowest BCUT2D eigenvalue weighted by molar-refractivity contribution is -0.384. The van der Waals surface area contributed by atoms with Crippen molar-refractivity contribution in [3.05, 3.63) is 67.6 Å². The number of aromatic nitrogens is 2. The van der Waals surface area contributed by atoms with Gasteiger partial charge in [0, 0.05) is 5.02 Å². The molecule has 0 aliphatic rings. The van der Waals surface area contributed by atoms with Crippen LogP contribution in [0, 0.1) is 10.1 Å². The van der Waals surface area contributed by atoms with Crippen molar-refractivity contribution in [3.8, 4) is 5.75 Å². The van der Waals surface area contributed by atoms with Gasteiger partial charge in [-0.1, -0.05) is 11.6 Å². The van der Waals surface area contributed by atoms with Crippen LogP contribution in [0.25, 0.3) is 11.0 Å². The first-order valence-electron chi connectivity index (χ1n) is 9.11. The summed E-state index contributed by atoms with van der Waals surface area (Å²) in [6.07, 6.45) is 0. The molecule has 0 radical (unpaired) electrons. The van der Waals surface area contributed by atoms with Gasteiger partial charge in [-0.15, -0.1) is 0 Å². The smallest absolute Gasteiger partial charge is 0.323 e. The number of rotatable bonds is 7. The molecule has 1 aromatic heterocycles. The standard InChI is InChI=1S/C20H15ClN4O8/c1-32-10-4-6-12(14(8-10)25(30)31)23-19(28)17(26)15(20(29)33-2)16-18(27)24-13-7-9(21)3-5-11(13)22-16/h3-8,15H,1-2H3,(H,23,28)(H,24,27)/t15-/m0/s1. The van der Waals surface area contributed by atoms with E-state index in [4.69, 9.17) is 16.3 Å². The fourth-order valence-electron chi connectivity index (χ4n) is 2.94. The molecule has 2 N–H and O–H groups in total. The summed E-state index contributed by atoms with van der Waals surface area (Å²) in [7, 11) is 2.26. The van der Waals surface area contributed by atoms with Gasteiger partial charge in [-0.05, 0) is 30.3 Å². The van der Waals surface area contributed by atoms with E-state index < -0.39 is 45.4 Å². The SMILES string of the molecule is COC(=O)[C@H](C(=O)C(=O)Nc1ccc(OC)cc1[N+](=O)[O-])c1nc2ccc(Cl)cc2[nH]c1=O. The van der Waals surface area contributed by atoms with Gasteiger partial charge in [0.05, 0.1) is 36.2 Å². The number of amides is 1. The molecule has 0 saturated carbocycles. The minimum atomic E-state index is -2.02. The van der Waals surface area contributed by atoms with Crippen molar-refractivity contribution in [2.75, 3.05) is 19.5 Å². The van der Waals surface area contributed by atoms with Crippen molar-refractivity contribution in [1.82, 2.24) is 9.97 Å². The number of H-pyrrole nitrogens is 1. The molecule has 3 rings (SSSR count). The molecule has 33 heavy (non-hydrogen) atoms. The number of ether oxygens (including phenoxy) is 2. The van der Waals surface area contributed by atoms with Crippen molar-refractivity contribution in [3.63, 3.8) is 0 Å². The van der Waals surface area contributed by atoms with Crippen LogP contribution in [0.4, 0.5) is 11.4 Å². The lowest BCUT2D eigenvalue weighted by Crippen LogP contribution is -2.37. The topological polar surface area (TPSA) is 171 Å². The van der Waals surface area contributed by atoms with Crippen molar-refractivity contribution in [1.29, 1.82) is 0 Å². The number of anilines is 1. The first kappa shape index (κ1) is 23.3. The third-order valence-corrected chi connectivity index (χ3v) is 4.76. The first-order chi connectivity index (χ1) is 15.7. The number of nitro benzene ring substituents is 1. The lowest BCUT2D eigenvalue weighted by atomic mass is 9.99. The Balaban J connectivity index is 2.01. The summed E-state index contributed by atoms with van der Waals surface area (Å²) in [5.41, 5.74) is -1.94. The number of methoxy groups -OCH3 is 2. The number of hydrogen-bond acceptors (Lipinski definition) is 9. The Morgan fingerprint density at radius 2 is 1.91 bits per heavy atom. The van der Waals surface area contributed by atoms with Crippen LogP contribution in [0.5, 0.6) is 5.75 Å². The Morgan fingerprint density at radius 3 is 2.55 bits per heavy atom. The maximum atomic E-state index is 12.9. The molecular weight excluding hydrogens is 460 g/mol. The predicted octanol–water partition coefficient (Wildman–Crippen LogP) is 1.96. The molecule has 1 amide bonds. The van der Waals surface area contributed by atoms with Gasteiger partial charge in [-0.3, -0.25) is 29.3 Å². The van der Waals surface area contributed by atoms with Crippen molar-refractivity contribution < 1.29 is 28.8 Å². The van der Waals surface area contributed by atoms with Gasteiger partial charge in [-0.2, -0.15) is 0 Å². The average molecular weight is 475 g/mol. The summed E-state index contributed by atoms with van der Waals surface area (Å²) in [5.74, 6) is -5.89. The number of nitro groups is 1. The molecule has 0 bridgehead atoms. The number of benzene rings is 2. The monoisotopic (exact) mass is 474 g/mol. The summed E-state index contributed by atoms with van der Waals surface area (Å²) in [6, 6.07) is 7.85. The molecular formula is C20H15ClN4O8. The number of nitrogens with zero attached hydrogens (tertiary/aromatic N) is 2. The number of carbonyl (C=O) groups is 3. The minimum Gasteiger partial charge on any atom is -0.496 e. The number of carbonyl (C=O) groups excluding carboxylic acids is 3. The van der Waals surface area contributed by atoms with E-state index in [1.807, 2.05) is 0 Å². The van der Waals surface area contributed by atoms with Crippen molar-refractivity contribution in [2.24, 2.45) is 0 Å². The molecule has 2 aromatic carbocycles. The zero-order valence-electron chi connectivity index (χ0n) is 17.1. The summed E-state index contributed by atoms with van der Waals surface area (Å²) < 4.78 is 9.50. The third-order valence-electron chi connectivity index (χ3n) is 4.53. The quantitative estimate of drug-likeness (QED) is 0.171. The summed E-state index contributed by atoms with van der Waals surface area (Å²) in [6.45, 7) is 0. The number of Topliss-reactive ketones (excluding diaryl/α,β-unsaturated/α-hetero) is 1. The zero-order valence-corrected chi connectivity index (χ0v) is 17.8. The zero-order chi connectivity index (χ0) is 24.3. The van der Waals surface area contributed by atoms with Gasteiger partial charge >= 0.3 is 5.97 Å². The number of ketones is 1. The van der Waals surface area contributed by atoms with E-state index in [9.17, 15) is 29.3 Å². The van der Waals surface area contributed by atoms with E-state index in [-0.39, 0.29) is 22.5 Å². The van der Waals surface area contributed by atoms with Crippen molar-refractivity contribution >= 4 is 51.7 Å². The Hall–Kier alpha value is -4.32. The third kappa shape index (κ3) is 4.80. The molecule has 0 fully saturated rings. The molecule has 1 atom stereocenters. The molecule has 1 heterocycles. The van der Waals surface area contributed by atoms with Crippen LogP contribution in [0.3, 0.4) is 0 Å². The largest absolute Gasteiger partial charge is 0.496 e. The Labute approximate surface area is 189 Å². The molecule has 13 heteroatoms. The van der Waals surface area contributed by atoms with E-state index in [2.05, 4.69) is 20.0 Å². The molecule has 0 aliphatic heterocycles. The van der Waals surface area contributed by atoms with Crippen LogP contribution in [-0.2, 0) is 19.1 Å². The number of aromatic amines is 1. The molecule has 3 aromatic rings. The van der Waals surface area contributed by atoms with Crippen LogP contribution in [-0.4, -0.2) is 46.8 Å². The first-order valence-corrected chi connectivity index (χ1v) is 9.49. The molecule has 0 unspecified atom stereocenters. The van der Waals surface area contributed by atoms with Crippen LogP contribution in [0.15, 0.2) is 41.2 Å². The average Bonchev–Trinajstić information content (AvgIpc) is 2.79. The van der Waals surface area contributed by atoms with Gasteiger partial charge in [0.15, 0.2) is 5.92 Å². The normalized spacial score (nSPS) is 11.5. The van der Waals surface area contributed by atoms with E-state index in [0.29, 0.717) is 5.02 Å². The molecule has 12 nitrogen and oxygen atoms in total. The van der Waals surface area contributed by atoms with Crippen LogP contribution in [0.2, 0.25) is 5.02 Å². The van der Waals surface area contributed by atoms with Crippen LogP contribution < -0.4 is 15.6 Å². The maximum absolute atomic E-state index is 12.9. The Bertz CT molecular complexity index is 1350. The highest BCUT2D eigenvalue weighted by Gasteiger charge is 2.38. The predicted molar refractivity (Wildman–Crippen MR) is 115 cm³/mol. The lowest BCUT2D eigenvalue weighted by Gasteiger charge is -2.13. The fourth-order valence-corrected chi connectivity index (χ4v) is 3.11. The van der Waals surface area contributed by atoms with Gasteiger partial charge in [0.25, 0.3) is 17.2 Å². The number of hydrogen-bond donors (Lipinski definition) is 2. The molecule has 0 spiro atoms. The van der Waals surface area contributed by atoms with Crippen molar-refractivity contribution in [2.45, 2.75) is 5.92 Å². The number of nitrogens with one attached hydrogen (secondary N) is 2. The van der Waals surface area contributed by atoms with E-state index in [0.717, 1.165) is 19.2 Å². The van der Waals surface area contributed by atoms with Gasteiger partial charge in [0.1, 0.15) is 17.1 Å². The maximum Gasteiger partial charge on any atom is 0.323 e. The molecule has 0 saturated heterocycles. The highest BCUT2D eigenvalue weighted by Crippen LogP contribution is 2.29. The summed E-state index contributed by atoms with van der Waals surface area (Å²) in [4.78, 5) is 67.4.